The van der Waals surface area contributed by atoms with Crippen molar-refractivity contribution in [1.82, 2.24) is 10.2 Å². The van der Waals surface area contributed by atoms with Crippen molar-refractivity contribution in [2.24, 2.45) is 0 Å². The molecule has 0 atom stereocenters. The van der Waals surface area contributed by atoms with Crippen molar-refractivity contribution in [3.8, 4) is 17.2 Å². The molecule has 0 aliphatic heterocycles. The Morgan fingerprint density at radius 2 is 1.83 bits per heavy atom. The Balaban J connectivity index is 1.66. The van der Waals surface area contributed by atoms with Gasteiger partial charge in [-0.05, 0) is 42.3 Å². The fourth-order valence-electron chi connectivity index (χ4n) is 2.08. The molecule has 3 aromatic rings. The number of halogens is 2. The summed E-state index contributed by atoms with van der Waals surface area (Å²) in [4.78, 5) is 0. The first-order valence-corrected chi connectivity index (χ1v) is 8.16. The van der Waals surface area contributed by atoms with E-state index in [-0.39, 0.29) is 5.75 Å². The van der Waals surface area contributed by atoms with Gasteiger partial charge in [-0.15, -0.1) is 10.2 Å². The van der Waals surface area contributed by atoms with E-state index in [9.17, 15) is 8.78 Å². The first-order chi connectivity index (χ1) is 11.6. The number of alkyl halides is 2. The minimum absolute atomic E-state index is 0.0856. The number of aromatic nitrogens is 2. The quantitative estimate of drug-likeness (QED) is 0.591. The van der Waals surface area contributed by atoms with Gasteiger partial charge in [0.25, 0.3) is 5.22 Å². The highest BCUT2D eigenvalue weighted by Crippen LogP contribution is 2.27. The monoisotopic (exact) mass is 348 g/mol. The lowest BCUT2D eigenvalue weighted by Gasteiger charge is -2.03. The standard InChI is InChI=1S/C17H14F2N2O2S/c1-11-4-2-3-5-13(11)10-24-17-21-20-15(23-17)12-6-8-14(9-7-12)22-16(18)19/h2-9,16H,10H2,1H3. The van der Waals surface area contributed by atoms with E-state index in [0.717, 1.165) is 5.75 Å². The van der Waals surface area contributed by atoms with Crippen LogP contribution >= 0.6 is 11.8 Å². The lowest BCUT2D eigenvalue weighted by Crippen LogP contribution is -2.01. The van der Waals surface area contributed by atoms with Crippen molar-refractivity contribution in [2.75, 3.05) is 0 Å². The molecule has 4 nitrogen and oxygen atoms in total. The summed E-state index contributed by atoms with van der Waals surface area (Å²) in [6.07, 6.45) is 0. The Hall–Kier alpha value is -2.41. The normalized spacial score (nSPS) is 11.0. The fourth-order valence-corrected chi connectivity index (χ4v) is 2.91. The van der Waals surface area contributed by atoms with Gasteiger partial charge in [0.15, 0.2) is 0 Å². The van der Waals surface area contributed by atoms with Crippen molar-refractivity contribution in [3.05, 3.63) is 59.7 Å². The van der Waals surface area contributed by atoms with Crippen LogP contribution in [0.5, 0.6) is 5.75 Å². The third-order valence-corrected chi connectivity index (χ3v) is 4.21. The molecule has 2 aromatic carbocycles. The molecule has 1 aromatic heterocycles. The minimum atomic E-state index is -2.84. The molecule has 1 heterocycles. The molecule has 0 fully saturated rings. The van der Waals surface area contributed by atoms with Crippen LogP contribution in [0.25, 0.3) is 11.5 Å². The summed E-state index contributed by atoms with van der Waals surface area (Å²) >= 11 is 1.45. The molecule has 0 saturated carbocycles. The van der Waals surface area contributed by atoms with E-state index in [2.05, 4.69) is 34.0 Å². The van der Waals surface area contributed by atoms with Crippen LogP contribution in [0.3, 0.4) is 0 Å². The lowest BCUT2D eigenvalue weighted by molar-refractivity contribution is -0.0498. The molecule has 124 valence electrons. The van der Waals surface area contributed by atoms with Gasteiger partial charge in [0, 0.05) is 11.3 Å². The van der Waals surface area contributed by atoms with Gasteiger partial charge in [-0.1, -0.05) is 36.0 Å². The Morgan fingerprint density at radius 1 is 1.08 bits per heavy atom. The van der Waals surface area contributed by atoms with Gasteiger partial charge < -0.3 is 9.15 Å². The fraction of sp³-hybridized carbons (Fsp3) is 0.176. The van der Waals surface area contributed by atoms with Crippen LogP contribution in [-0.2, 0) is 5.75 Å². The number of rotatable bonds is 6. The Kier molecular flexibility index (Phi) is 5.10. The molecule has 0 aliphatic rings. The van der Waals surface area contributed by atoms with E-state index in [1.54, 1.807) is 12.1 Å². The SMILES string of the molecule is Cc1ccccc1CSc1nnc(-c2ccc(OC(F)F)cc2)o1. The average Bonchev–Trinajstić information content (AvgIpc) is 3.03. The highest BCUT2D eigenvalue weighted by Gasteiger charge is 2.11. The molecule has 0 amide bonds. The molecule has 0 spiro atoms. The zero-order chi connectivity index (χ0) is 16.9. The third-order valence-electron chi connectivity index (χ3n) is 3.35. The van der Waals surface area contributed by atoms with E-state index in [1.165, 1.54) is 35.0 Å². The molecule has 3 rings (SSSR count). The van der Waals surface area contributed by atoms with Gasteiger partial charge in [0.2, 0.25) is 5.89 Å². The minimum Gasteiger partial charge on any atom is -0.435 e. The largest absolute Gasteiger partial charge is 0.435 e. The number of nitrogens with zero attached hydrogens (tertiary/aromatic N) is 2. The first-order valence-electron chi connectivity index (χ1n) is 7.18. The molecule has 7 heteroatoms. The van der Waals surface area contributed by atoms with Gasteiger partial charge in [-0.2, -0.15) is 8.78 Å². The summed E-state index contributed by atoms with van der Waals surface area (Å²) in [6, 6.07) is 14.2. The maximum Gasteiger partial charge on any atom is 0.387 e. The van der Waals surface area contributed by atoms with E-state index in [1.807, 2.05) is 12.1 Å². The first kappa shape index (κ1) is 16.4. The zero-order valence-corrected chi connectivity index (χ0v) is 13.6. The lowest BCUT2D eigenvalue weighted by atomic mass is 10.1. The van der Waals surface area contributed by atoms with Crippen LogP contribution in [0.4, 0.5) is 8.78 Å². The van der Waals surface area contributed by atoms with E-state index in [0.29, 0.717) is 16.7 Å². The predicted octanol–water partition coefficient (Wildman–Crippen LogP) is 4.94. The van der Waals surface area contributed by atoms with Crippen LogP contribution in [0.15, 0.2) is 58.2 Å². The molecule has 0 unspecified atom stereocenters. The van der Waals surface area contributed by atoms with Crippen LogP contribution < -0.4 is 4.74 Å². The molecule has 0 aliphatic carbocycles. The summed E-state index contributed by atoms with van der Waals surface area (Å²) in [5, 5.41) is 8.45. The topological polar surface area (TPSA) is 48.2 Å². The highest BCUT2D eigenvalue weighted by molar-refractivity contribution is 7.98. The van der Waals surface area contributed by atoms with Crippen LogP contribution in [0.1, 0.15) is 11.1 Å². The number of hydrogen-bond acceptors (Lipinski definition) is 5. The molecule has 0 bridgehead atoms. The Morgan fingerprint density at radius 3 is 2.54 bits per heavy atom. The molecular formula is C17H14F2N2O2S. The summed E-state index contributed by atoms with van der Waals surface area (Å²) in [6.45, 7) is -0.790. The second-order valence-corrected chi connectivity index (χ2v) is 5.92. The van der Waals surface area contributed by atoms with Crippen molar-refractivity contribution in [1.29, 1.82) is 0 Å². The van der Waals surface area contributed by atoms with E-state index < -0.39 is 6.61 Å². The van der Waals surface area contributed by atoms with Gasteiger partial charge in [-0.3, -0.25) is 0 Å². The molecule has 0 saturated heterocycles. The van der Waals surface area contributed by atoms with Gasteiger partial charge in [-0.25, -0.2) is 0 Å². The predicted molar refractivity (Wildman–Crippen MR) is 87.1 cm³/mol. The second kappa shape index (κ2) is 7.44. The van der Waals surface area contributed by atoms with Crippen molar-refractivity contribution < 1.29 is 17.9 Å². The molecule has 0 radical (unpaired) electrons. The Labute approximate surface area is 141 Å². The number of benzene rings is 2. The second-order valence-electron chi connectivity index (χ2n) is 4.99. The van der Waals surface area contributed by atoms with E-state index in [4.69, 9.17) is 4.42 Å². The maximum atomic E-state index is 12.1. The van der Waals surface area contributed by atoms with Crippen LogP contribution in [0.2, 0.25) is 0 Å². The number of thioether (sulfide) groups is 1. The Bertz CT molecular complexity index is 806. The molecule has 24 heavy (non-hydrogen) atoms. The summed E-state index contributed by atoms with van der Waals surface area (Å²) in [7, 11) is 0. The summed E-state index contributed by atoms with van der Waals surface area (Å²) in [5.74, 6) is 1.16. The van der Waals surface area contributed by atoms with E-state index >= 15 is 0 Å². The number of ether oxygens (including phenoxy) is 1. The summed E-state index contributed by atoms with van der Waals surface area (Å²) < 4.78 is 34.2. The average molecular weight is 348 g/mol. The third kappa shape index (κ3) is 4.11. The summed E-state index contributed by atoms with van der Waals surface area (Å²) in [5.41, 5.74) is 3.06. The van der Waals surface area contributed by atoms with Gasteiger partial charge in [0.05, 0.1) is 0 Å². The maximum absolute atomic E-state index is 12.1. The molecular weight excluding hydrogens is 334 g/mol. The van der Waals surface area contributed by atoms with Crippen LogP contribution in [-0.4, -0.2) is 16.8 Å². The van der Waals surface area contributed by atoms with Gasteiger partial charge >= 0.3 is 6.61 Å². The number of aryl methyl sites for hydroxylation is 1. The van der Waals surface area contributed by atoms with Crippen molar-refractivity contribution in [2.45, 2.75) is 24.5 Å². The van der Waals surface area contributed by atoms with Gasteiger partial charge in [0.1, 0.15) is 5.75 Å². The van der Waals surface area contributed by atoms with Crippen molar-refractivity contribution in [3.63, 3.8) is 0 Å². The highest BCUT2D eigenvalue weighted by atomic mass is 32.2. The molecule has 0 N–H and O–H groups in total. The number of hydrogen-bond donors (Lipinski definition) is 0. The van der Waals surface area contributed by atoms with Crippen molar-refractivity contribution >= 4 is 11.8 Å². The zero-order valence-electron chi connectivity index (χ0n) is 12.8. The smallest absolute Gasteiger partial charge is 0.387 e. The van der Waals surface area contributed by atoms with Crippen LogP contribution in [0, 0.1) is 6.92 Å².